The Bertz CT molecular complexity index is 541. The lowest BCUT2D eigenvalue weighted by Crippen LogP contribution is -2.45. The molecule has 5 heteroatoms. The van der Waals surface area contributed by atoms with E-state index in [1.807, 2.05) is 30.3 Å². The highest BCUT2D eigenvalue weighted by Crippen LogP contribution is 2.41. The van der Waals surface area contributed by atoms with E-state index >= 15 is 0 Å². The summed E-state index contributed by atoms with van der Waals surface area (Å²) in [5.41, 5.74) is 0.900. The number of carboxylic acids is 1. The highest BCUT2D eigenvalue weighted by atomic mass is 16.6. The van der Waals surface area contributed by atoms with Gasteiger partial charge >= 0.3 is 12.1 Å². The third-order valence-electron chi connectivity index (χ3n) is 4.89. The van der Waals surface area contributed by atoms with E-state index in [1.165, 1.54) is 11.3 Å². The van der Waals surface area contributed by atoms with Crippen molar-refractivity contribution in [1.29, 1.82) is 0 Å². The fourth-order valence-electron chi connectivity index (χ4n) is 3.50. The summed E-state index contributed by atoms with van der Waals surface area (Å²) < 4.78 is 5.30. The Balaban J connectivity index is 1.62. The van der Waals surface area contributed by atoms with Gasteiger partial charge in [-0.1, -0.05) is 49.6 Å². The molecule has 0 aromatic heterocycles. The van der Waals surface area contributed by atoms with Gasteiger partial charge in [-0.05, 0) is 23.8 Å². The molecule has 22 heavy (non-hydrogen) atoms. The average molecular weight is 303 g/mol. The van der Waals surface area contributed by atoms with Gasteiger partial charge in [-0.15, -0.1) is 0 Å². The second kappa shape index (κ2) is 6.38. The molecule has 2 atom stereocenters. The van der Waals surface area contributed by atoms with Gasteiger partial charge in [-0.3, -0.25) is 4.90 Å². The molecule has 1 aliphatic carbocycles. The van der Waals surface area contributed by atoms with Gasteiger partial charge in [0.1, 0.15) is 12.6 Å². The number of aliphatic carboxylic acids is 1. The van der Waals surface area contributed by atoms with E-state index in [0.717, 1.165) is 24.8 Å². The molecule has 118 valence electrons. The van der Waals surface area contributed by atoms with Crippen LogP contribution >= 0.6 is 0 Å². The highest BCUT2D eigenvalue weighted by Gasteiger charge is 2.47. The molecule has 0 unspecified atom stereocenters. The summed E-state index contributed by atoms with van der Waals surface area (Å²) >= 11 is 0. The number of ether oxygens (including phenoxy) is 1. The molecule has 1 aromatic rings. The maximum absolute atomic E-state index is 12.2. The first-order chi connectivity index (χ1) is 10.7. The topological polar surface area (TPSA) is 66.8 Å². The quantitative estimate of drug-likeness (QED) is 0.928. The van der Waals surface area contributed by atoms with Crippen molar-refractivity contribution in [2.75, 3.05) is 6.54 Å². The zero-order valence-corrected chi connectivity index (χ0v) is 12.5. The summed E-state index contributed by atoms with van der Waals surface area (Å²) in [6, 6.07) is 8.69. The SMILES string of the molecule is O=C(O)[C@@H]1[C@H](C2CCC2)CCN1C(=O)OCc1ccccc1. The standard InChI is InChI=1S/C17H21NO4/c19-16(20)15-14(13-7-4-8-13)9-10-18(15)17(21)22-11-12-5-2-1-3-6-12/h1-3,5-6,13-15H,4,7-11H2,(H,19,20)/t14-,15-/m0/s1. The first-order valence-electron chi connectivity index (χ1n) is 7.87. The number of carbonyl (C=O) groups is 2. The van der Waals surface area contributed by atoms with Crippen LogP contribution in [0.3, 0.4) is 0 Å². The van der Waals surface area contributed by atoms with Crippen molar-refractivity contribution in [2.45, 2.75) is 38.3 Å². The van der Waals surface area contributed by atoms with E-state index in [0.29, 0.717) is 12.5 Å². The van der Waals surface area contributed by atoms with Crippen LogP contribution in [0, 0.1) is 11.8 Å². The van der Waals surface area contributed by atoms with E-state index < -0.39 is 18.1 Å². The summed E-state index contributed by atoms with van der Waals surface area (Å²) in [5.74, 6) is -0.380. The van der Waals surface area contributed by atoms with Crippen molar-refractivity contribution in [3.05, 3.63) is 35.9 Å². The zero-order valence-electron chi connectivity index (χ0n) is 12.5. The van der Waals surface area contributed by atoms with Crippen LogP contribution in [0.5, 0.6) is 0 Å². The Kier molecular flexibility index (Phi) is 4.32. The molecule has 0 radical (unpaired) electrons. The molecule has 1 saturated heterocycles. The first kappa shape index (κ1) is 14.9. The van der Waals surface area contributed by atoms with Gasteiger partial charge in [0.05, 0.1) is 0 Å². The normalized spacial score (nSPS) is 24.8. The molecule has 5 nitrogen and oxygen atoms in total. The predicted molar refractivity (Wildman–Crippen MR) is 80.2 cm³/mol. The lowest BCUT2D eigenvalue weighted by Gasteiger charge is -2.34. The maximum atomic E-state index is 12.2. The van der Waals surface area contributed by atoms with E-state index in [1.54, 1.807) is 0 Å². The Morgan fingerprint density at radius 3 is 2.50 bits per heavy atom. The molecule has 1 amide bonds. The van der Waals surface area contributed by atoms with Crippen LogP contribution in [0.25, 0.3) is 0 Å². The first-order valence-corrected chi connectivity index (χ1v) is 7.87. The smallest absolute Gasteiger partial charge is 0.410 e. The summed E-state index contributed by atoms with van der Waals surface area (Å²) in [6.45, 7) is 0.655. The summed E-state index contributed by atoms with van der Waals surface area (Å²) in [5, 5.41) is 9.51. The summed E-state index contributed by atoms with van der Waals surface area (Å²) in [6.07, 6.45) is 3.59. The average Bonchev–Trinajstić information content (AvgIpc) is 2.89. The van der Waals surface area contributed by atoms with E-state index in [9.17, 15) is 14.7 Å². The number of amides is 1. The third kappa shape index (κ3) is 2.93. The number of benzene rings is 1. The van der Waals surface area contributed by atoms with Gasteiger partial charge in [0.25, 0.3) is 0 Å². The van der Waals surface area contributed by atoms with Crippen LogP contribution in [0.1, 0.15) is 31.2 Å². The van der Waals surface area contributed by atoms with Gasteiger partial charge in [0.2, 0.25) is 0 Å². The fraction of sp³-hybridized carbons (Fsp3) is 0.529. The van der Waals surface area contributed by atoms with Crippen LogP contribution in [0.4, 0.5) is 4.79 Å². The predicted octanol–water partition coefficient (Wildman–Crippen LogP) is 2.90. The minimum Gasteiger partial charge on any atom is -0.480 e. The molecule has 1 saturated carbocycles. The van der Waals surface area contributed by atoms with E-state index in [2.05, 4.69) is 0 Å². The van der Waals surface area contributed by atoms with Crippen LogP contribution in [-0.4, -0.2) is 34.7 Å². The number of carbonyl (C=O) groups excluding carboxylic acids is 1. The Morgan fingerprint density at radius 2 is 1.91 bits per heavy atom. The molecule has 2 fully saturated rings. The molecule has 1 aromatic carbocycles. The molecular weight excluding hydrogens is 282 g/mol. The lowest BCUT2D eigenvalue weighted by molar-refractivity contribution is -0.144. The minimum atomic E-state index is -0.911. The molecule has 0 bridgehead atoms. The molecular formula is C17H21NO4. The molecule has 1 aliphatic heterocycles. The highest BCUT2D eigenvalue weighted by molar-refractivity contribution is 5.81. The number of hydrogen-bond donors (Lipinski definition) is 1. The molecule has 3 rings (SSSR count). The van der Waals surface area contributed by atoms with Gasteiger partial charge in [0.15, 0.2) is 0 Å². The van der Waals surface area contributed by atoms with Crippen LogP contribution in [-0.2, 0) is 16.1 Å². The largest absolute Gasteiger partial charge is 0.480 e. The second-order valence-corrected chi connectivity index (χ2v) is 6.16. The van der Waals surface area contributed by atoms with Crippen molar-refractivity contribution in [2.24, 2.45) is 11.8 Å². The van der Waals surface area contributed by atoms with Crippen LogP contribution in [0.2, 0.25) is 0 Å². The van der Waals surface area contributed by atoms with E-state index in [4.69, 9.17) is 4.74 Å². The van der Waals surface area contributed by atoms with Crippen molar-refractivity contribution in [1.82, 2.24) is 4.90 Å². The molecule has 0 spiro atoms. The lowest BCUT2D eigenvalue weighted by atomic mass is 9.73. The minimum absolute atomic E-state index is 0.0792. The summed E-state index contributed by atoms with van der Waals surface area (Å²) in [7, 11) is 0. The summed E-state index contributed by atoms with van der Waals surface area (Å²) in [4.78, 5) is 25.2. The van der Waals surface area contributed by atoms with Crippen molar-refractivity contribution in [3.63, 3.8) is 0 Å². The third-order valence-corrected chi connectivity index (χ3v) is 4.89. The number of nitrogens with zero attached hydrogens (tertiary/aromatic N) is 1. The monoisotopic (exact) mass is 303 g/mol. The maximum Gasteiger partial charge on any atom is 0.410 e. The Labute approximate surface area is 129 Å². The van der Waals surface area contributed by atoms with Gasteiger partial charge in [-0.2, -0.15) is 0 Å². The molecule has 1 N–H and O–H groups in total. The molecule has 1 heterocycles. The molecule has 2 aliphatic rings. The fourth-order valence-corrected chi connectivity index (χ4v) is 3.50. The van der Waals surface area contributed by atoms with Crippen molar-refractivity contribution in [3.8, 4) is 0 Å². The van der Waals surface area contributed by atoms with Gasteiger partial charge in [-0.25, -0.2) is 9.59 Å². The van der Waals surface area contributed by atoms with Crippen molar-refractivity contribution < 1.29 is 19.4 Å². The number of carboxylic acid groups (broad SMARTS) is 1. The number of hydrogen-bond acceptors (Lipinski definition) is 3. The Hall–Kier alpha value is -2.04. The number of rotatable bonds is 4. The van der Waals surface area contributed by atoms with Crippen LogP contribution < -0.4 is 0 Å². The van der Waals surface area contributed by atoms with E-state index in [-0.39, 0.29) is 12.5 Å². The second-order valence-electron chi connectivity index (χ2n) is 6.16. The van der Waals surface area contributed by atoms with Crippen molar-refractivity contribution >= 4 is 12.1 Å². The van der Waals surface area contributed by atoms with Gasteiger partial charge < -0.3 is 9.84 Å². The zero-order chi connectivity index (χ0) is 15.5. The van der Waals surface area contributed by atoms with Gasteiger partial charge in [0, 0.05) is 6.54 Å². The van der Waals surface area contributed by atoms with Crippen LogP contribution in [0.15, 0.2) is 30.3 Å². The number of likely N-dealkylation sites (tertiary alicyclic amines) is 1. The Morgan fingerprint density at radius 1 is 1.18 bits per heavy atom.